The molecule has 3 rings (SSSR count). The van der Waals surface area contributed by atoms with Gasteiger partial charge in [0.05, 0.1) is 17.7 Å². The van der Waals surface area contributed by atoms with Gasteiger partial charge in [-0.1, -0.05) is 30.3 Å². The standard InChI is InChI=1S/C18H15NO5S/c1-24-18(21)16-9-7-14(11-17(16)20)19-25(22,23)15-8-6-12-4-2-3-5-13(12)10-15/h2-11,19-20H,1H3. The van der Waals surface area contributed by atoms with Crippen LogP contribution in [0, 0.1) is 0 Å². The van der Waals surface area contributed by atoms with Gasteiger partial charge in [-0.2, -0.15) is 0 Å². The predicted octanol–water partition coefficient (Wildman–Crippen LogP) is 3.13. The van der Waals surface area contributed by atoms with Crippen LogP contribution in [0.25, 0.3) is 10.8 Å². The molecule has 0 aliphatic carbocycles. The Labute approximate surface area is 144 Å². The van der Waals surface area contributed by atoms with E-state index in [0.29, 0.717) is 0 Å². The van der Waals surface area contributed by atoms with E-state index in [1.54, 1.807) is 12.1 Å². The number of nitrogens with one attached hydrogen (secondary N) is 1. The highest BCUT2D eigenvalue weighted by Gasteiger charge is 2.17. The number of benzene rings is 3. The van der Waals surface area contributed by atoms with Crippen molar-refractivity contribution in [3.63, 3.8) is 0 Å². The van der Waals surface area contributed by atoms with Crippen molar-refractivity contribution in [2.45, 2.75) is 4.90 Å². The second-order valence-corrected chi connectivity index (χ2v) is 7.02. The topological polar surface area (TPSA) is 92.7 Å². The molecule has 0 bridgehead atoms. The van der Waals surface area contributed by atoms with Crippen LogP contribution in [0.5, 0.6) is 5.75 Å². The molecular weight excluding hydrogens is 342 g/mol. The fraction of sp³-hybridized carbons (Fsp3) is 0.0556. The molecule has 0 radical (unpaired) electrons. The zero-order valence-electron chi connectivity index (χ0n) is 13.3. The summed E-state index contributed by atoms with van der Waals surface area (Å²) in [5.41, 5.74) is 0.0921. The molecule has 3 aromatic carbocycles. The fourth-order valence-electron chi connectivity index (χ4n) is 2.43. The quantitative estimate of drug-likeness (QED) is 0.700. The van der Waals surface area contributed by atoms with Gasteiger partial charge in [0.15, 0.2) is 0 Å². The number of ether oxygens (including phenoxy) is 1. The summed E-state index contributed by atoms with van der Waals surface area (Å²) < 4.78 is 32.0. The minimum atomic E-state index is -3.84. The molecule has 0 spiro atoms. The van der Waals surface area contributed by atoms with E-state index in [1.807, 2.05) is 24.3 Å². The number of anilines is 1. The molecule has 128 valence electrons. The number of rotatable bonds is 4. The lowest BCUT2D eigenvalue weighted by Crippen LogP contribution is -2.13. The van der Waals surface area contributed by atoms with E-state index in [-0.39, 0.29) is 21.9 Å². The maximum Gasteiger partial charge on any atom is 0.341 e. The molecule has 0 aliphatic heterocycles. The van der Waals surface area contributed by atoms with Crippen LogP contribution >= 0.6 is 0 Å². The summed E-state index contributed by atoms with van der Waals surface area (Å²) in [4.78, 5) is 11.6. The van der Waals surface area contributed by atoms with Gasteiger partial charge in [0.1, 0.15) is 11.3 Å². The van der Waals surface area contributed by atoms with Gasteiger partial charge >= 0.3 is 5.97 Å². The van der Waals surface area contributed by atoms with Gasteiger partial charge in [0, 0.05) is 6.07 Å². The molecule has 0 aliphatic rings. The molecular formula is C18H15NO5S. The van der Waals surface area contributed by atoms with Crippen LogP contribution in [-0.2, 0) is 14.8 Å². The molecule has 6 nitrogen and oxygen atoms in total. The number of carbonyl (C=O) groups is 1. The first-order valence-electron chi connectivity index (χ1n) is 7.34. The molecule has 0 aromatic heterocycles. The molecule has 0 saturated carbocycles. The number of hydrogen-bond acceptors (Lipinski definition) is 5. The third-order valence-electron chi connectivity index (χ3n) is 3.69. The van der Waals surface area contributed by atoms with Crippen molar-refractivity contribution in [2.24, 2.45) is 0 Å². The van der Waals surface area contributed by atoms with E-state index in [9.17, 15) is 18.3 Å². The van der Waals surface area contributed by atoms with E-state index < -0.39 is 16.0 Å². The second kappa shape index (κ2) is 6.45. The van der Waals surface area contributed by atoms with Crippen molar-refractivity contribution >= 4 is 32.5 Å². The van der Waals surface area contributed by atoms with Crippen LogP contribution in [-0.4, -0.2) is 26.6 Å². The highest BCUT2D eigenvalue weighted by molar-refractivity contribution is 7.92. The van der Waals surface area contributed by atoms with Gasteiger partial charge < -0.3 is 9.84 Å². The Morgan fingerprint density at radius 2 is 1.72 bits per heavy atom. The maximum atomic E-state index is 12.5. The summed E-state index contributed by atoms with van der Waals surface area (Å²) >= 11 is 0. The van der Waals surface area contributed by atoms with Crippen LogP contribution in [0.15, 0.2) is 65.6 Å². The monoisotopic (exact) mass is 357 g/mol. The first-order valence-corrected chi connectivity index (χ1v) is 8.82. The molecule has 0 unspecified atom stereocenters. The largest absolute Gasteiger partial charge is 0.507 e. The van der Waals surface area contributed by atoms with E-state index >= 15 is 0 Å². The van der Waals surface area contributed by atoms with E-state index in [2.05, 4.69) is 9.46 Å². The van der Waals surface area contributed by atoms with Gasteiger partial charge in [-0.3, -0.25) is 4.72 Å². The summed E-state index contributed by atoms with van der Waals surface area (Å²) in [7, 11) is -2.64. The summed E-state index contributed by atoms with van der Waals surface area (Å²) in [6.07, 6.45) is 0. The van der Waals surface area contributed by atoms with E-state index in [1.165, 1.54) is 25.3 Å². The Morgan fingerprint density at radius 3 is 2.40 bits per heavy atom. The number of hydrogen-bond donors (Lipinski definition) is 2. The van der Waals surface area contributed by atoms with Crippen molar-refractivity contribution in [3.05, 3.63) is 66.2 Å². The molecule has 0 atom stereocenters. The molecule has 25 heavy (non-hydrogen) atoms. The van der Waals surface area contributed by atoms with Crippen molar-refractivity contribution in [2.75, 3.05) is 11.8 Å². The Bertz CT molecular complexity index is 1060. The fourth-order valence-corrected chi connectivity index (χ4v) is 3.51. The van der Waals surface area contributed by atoms with E-state index in [4.69, 9.17) is 0 Å². The lowest BCUT2D eigenvalue weighted by molar-refractivity contribution is 0.0597. The number of sulfonamides is 1. The predicted molar refractivity (Wildman–Crippen MR) is 94.2 cm³/mol. The van der Waals surface area contributed by atoms with Crippen LogP contribution in [0.1, 0.15) is 10.4 Å². The first-order chi connectivity index (χ1) is 11.9. The number of phenolic OH excluding ortho intramolecular Hbond substituents is 1. The minimum Gasteiger partial charge on any atom is -0.507 e. The maximum absolute atomic E-state index is 12.5. The summed E-state index contributed by atoms with van der Waals surface area (Å²) in [5.74, 6) is -1.08. The number of methoxy groups -OCH3 is 1. The third kappa shape index (κ3) is 3.41. The van der Waals surface area contributed by atoms with Crippen LogP contribution in [0.3, 0.4) is 0 Å². The molecule has 0 saturated heterocycles. The highest BCUT2D eigenvalue weighted by atomic mass is 32.2. The molecule has 2 N–H and O–H groups in total. The minimum absolute atomic E-state index is 0.0452. The number of aromatic hydroxyl groups is 1. The third-order valence-corrected chi connectivity index (χ3v) is 5.07. The van der Waals surface area contributed by atoms with Crippen molar-refractivity contribution < 1.29 is 23.1 Å². The van der Waals surface area contributed by atoms with Gasteiger partial charge in [0.25, 0.3) is 10.0 Å². The van der Waals surface area contributed by atoms with Gasteiger partial charge in [-0.15, -0.1) is 0 Å². The summed E-state index contributed by atoms with van der Waals surface area (Å²) in [6, 6.07) is 16.1. The lowest BCUT2D eigenvalue weighted by Gasteiger charge is -2.10. The van der Waals surface area contributed by atoms with Crippen molar-refractivity contribution in [1.29, 1.82) is 0 Å². The number of phenols is 1. The van der Waals surface area contributed by atoms with Crippen molar-refractivity contribution in [3.8, 4) is 5.75 Å². The Hall–Kier alpha value is -3.06. The van der Waals surface area contributed by atoms with Crippen LogP contribution in [0.4, 0.5) is 5.69 Å². The lowest BCUT2D eigenvalue weighted by atomic mass is 10.1. The molecule has 0 heterocycles. The summed E-state index contributed by atoms with van der Waals surface area (Å²) in [6.45, 7) is 0. The van der Waals surface area contributed by atoms with Gasteiger partial charge in [0.2, 0.25) is 0 Å². The second-order valence-electron chi connectivity index (χ2n) is 5.34. The SMILES string of the molecule is COC(=O)c1ccc(NS(=O)(=O)c2ccc3ccccc3c2)cc1O. The zero-order valence-corrected chi connectivity index (χ0v) is 14.1. The molecule has 7 heteroatoms. The number of fused-ring (bicyclic) bond motifs is 1. The van der Waals surface area contributed by atoms with Gasteiger partial charge in [-0.25, -0.2) is 13.2 Å². The van der Waals surface area contributed by atoms with E-state index in [0.717, 1.165) is 16.8 Å². The highest BCUT2D eigenvalue weighted by Crippen LogP contribution is 2.26. The smallest absolute Gasteiger partial charge is 0.341 e. The normalized spacial score (nSPS) is 11.2. The Morgan fingerprint density at radius 1 is 1.00 bits per heavy atom. The molecule has 0 fully saturated rings. The number of esters is 1. The first kappa shape index (κ1) is 16.8. The Kier molecular flexibility index (Phi) is 4.33. The van der Waals surface area contributed by atoms with Crippen LogP contribution in [0.2, 0.25) is 0 Å². The van der Waals surface area contributed by atoms with Crippen molar-refractivity contribution in [1.82, 2.24) is 0 Å². The molecule has 0 amide bonds. The Balaban J connectivity index is 1.92. The van der Waals surface area contributed by atoms with Gasteiger partial charge in [-0.05, 0) is 35.0 Å². The number of carbonyl (C=O) groups excluding carboxylic acids is 1. The average molecular weight is 357 g/mol. The zero-order chi connectivity index (χ0) is 18.0. The average Bonchev–Trinajstić information content (AvgIpc) is 2.60. The molecule has 3 aromatic rings. The summed E-state index contributed by atoms with van der Waals surface area (Å²) in [5, 5.41) is 11.6. The van der Waals surface area contributed by atoms with Crippen LogP contribution < -0.4 is 4.72 Å².